The highest BCUT2D eigenvalue weighted by molar-refractivity contribution is 7.89. The molecule has 9 nitrogen and oxygen atoms in total. The first-order valence-electron chi connectivity index (χ1n) is 13.7. The number of para-hydroxylation sites is 1. The van der Waals surface area contributed by atoms with Gasteiger partial charge < -0.3 is 10.1 Å². The maximum atomic E-state index is 13.5. The third-order valence-corrected chi connectivity index (χ3v) is 9.15. The van der Waals surface area contributed by atoms with Crippen molar-refractivity contribution in [2.75, 3.05) is 26.2 Å². The molecule has 208 valence electrons. The molecule has 1 atom stereocenters. The lowest BCUT2D eigenvalue weighted by Crippen LogP contribution is -2.32. The third-order valence-electron chi connectivity index (χ3n) is 7.25. The van der Waals surface area contributed by atoms with Gasteiger partial charge in [0.1, 0.15) is 17.3 Å². The van der Waals surface area contributed by atoms with Crippen LogP contribution in [0.15, 0.2) is 71.3 Å². The lowest BCUT2D eigenvalue weighted by Gasteiger charge is -2.20. The molecule has 1 unspecified atom stereocenters. The molecule has 1 amide bonds. The Morgan fingerprint density at radius 1 is 1.07 bits per heavy atom. The number of nitriles is 1. The maximum absolute atomic E-state index is 13.5. The molecule has 1 aromatic heterocycles. The molecule has 2 fully saturated rings. The standard InChI is InChI=1S/C30H33N5O4S/c31-20-24(30(36)32-21-27-13-9-17-39-27)18-25-22-35(26-11-4-3-5-12-26)33-29(25)23-10-8-14-28(19-23)40(37,38)34-15-6-1-2-7-16-34/h3-5,8,10-12,14,18-19,22,27H,1-2,6-7,9,13,15-17,21H2,(H,32,36)/b24-18+. The van der Waals surface area contributed by atoms with E-state index in [0.29, 0.717) is 43.1 Å². The van der Waals surface area contributed by atoms with E-state index in [9.17, 15) is 18.5 Å². The van der Waals surface area contributed by atoms with Gasteiger partial charge in [0.05, 0.1) is 16.7 Å². The van der Waals surface area contributed by atoms with E-state index in [2.05, 4.69) is 5.32 Å². The molecule has 0 spiro atoms. The number of benzene rings is 2. The summed E-state index contributed by atoms with van der Waals surface area (Å²) in [6.45, 7) is 2.03. The predicted molar refractivity (Wildman–Crippen MR) is 152 cm³/mol. The van der Waals surface area contributed by atoms with E-state index < -0.39 is 15.9 Å². The summed E-state index contributed by atoms with van der Waals surface area (Å²) in [6, 6.07) is 18.2. The van der Waals surface area contributed by atoms with Crippen molar-refractivity contribution in [1.82, 2.24) is 19.4 Å². The molecule has 5 rings (SSSR count). The van der Waals surface area contributed by atoms with Crippen molar-refractivity contribution in [3.05, 3.63) is 71.9 Å². The molecule has 0 bridgehead atoms. The first-order chi connectivity index (χ1) is 19.5. The Labute approximate surface area is 235 Å². The maximum Gasteiger partial charge on any atom is 0.262 e. The van der Waals surface area contributed by atoms with Crippen molar-refractivity contribution < 1.29 is 17.9 Å². The van der Waals surface area contributed by atoms with Crippen molar-refractivity contribution >= 4 is 22.0 Å². The number of nitrogens with one attached hydrogen (secondary N) is 1. The van der Waals surface area contributed by atoms with Crippen LogP contribution in [0, 0.1) is 11.3 Å². The zero-order valence-electron chi connectivity index (χ0n) is 22.3. The van der Waals surface area contributed by atoms with Gasteiger partial charge in [-0.3, -0.25) is 4.79 Å². The van der Waals surface area contributed by atoms with Gasteiger partial charge in [0.2, 0.25) is 10.0 Å². The number of carbonyl (C=O) groups excluding carboxylic acids is 1. The minimum atomic E-state index is -3.68. The molecular weight excluding hydrogens is 526 g/mol. The summed E-state index contributed by atoms with van der Waals surface area (Å²) in [6.07, 6.45) is 8.78. The summed E-state index contributed by atoms with van der Waals surface area (Å²) in [5.74, 6) is -0.492. The number of hydrogen-bond acceptors (Lipinski definition) is 6. The number of rotatable bonds is 8. The van der Waals surface area contributed by atoms with Gasteiger partial charge in [-0.25, -0.2) is 13.1 Å². The molecule has 0 saturated carbocycles. The van der Waals surface area contributed by atoms with Gasteiger partial charge in [0.15, 0.2) is 0 Å². The van der Waals surface area contributed by atoms with Gasteiger partial charge in [0, 0.05) is 43.6 Å². The van der Waals surface area contributed by atoms with E-state index in [0.717, 1.165) is 44.2 Å². The van der Waals surface area contributed by atoms with E-state index in [1.807, 2.05) is 36.4 Å². The van der Waals surface area contributed by atoms with Crippen molar-refractivity contribution in [3.63, 3.8) is 0 Å². The van der Waals surface area contributed by atoms with Gasteiger partial charge in [-0.2, -0.15) is 14.7 Å². The Morgan fingerprint density at radius 3 is 2.55 bits per heavy atom. The Hall–Kier alpha value is -3.78. The number of nitrogens with zero attached hydrogens (tertiary/aromatic N) is 4. The number of ether oxygens (including phenoxy) is 1. The Bertz CT molecular complexity index is 1510. The summed E-state index contributed by atoms with van der Waals surface area (Å²) in [5.41, 5.74) is 2.29. The van der Waals surface area contributed by atoms with Crippen LogP contribution in [0.1, 0.15) is 44.1 Å². The highest BCUT2D eigenvalue weighted by Gasteiger charge is 2.26. The molecule has 1 N–H and O–H groups in total. The zero-order valence-corrected chi connectivity index (χ0v) is 23.1. The van der Waals surface area contributed by atoms with Crippen molar-refractivity contribution in [2.24, 2.45) is 0 Å². The summed E-state index contributed by atoms with van der Waals surface area (Å²) in [5, 5.41) is 17.4. The third kappa shape index (κ3) is 6.33. The number of carbonyl (C=O) groups is 1. The topological polar surface area (TPSA) is 117 Å². The van der Waals surface area contributed by atoms with Gasteiger partial charge >= 0.3 is 0 Å². The molecule has 0 radical (unpaired) electrons. The molecule has 0 aliphatic carbocycles. The summed E-state index contributed by atoms with van der Waals surface area (Å²) < 4.78 is 35.8. The van der Waals surface area contributed by atoms with E-state index in [1.54, 1.807) is 39.4 Å². The minimum absolute atomic E-state index is 0.0471. The number of sulfonamides is 1. The van der Waals surface area contributed by atoms with Crippen molar-refractivity contribution in [1.29, 1.82) is 5.26 Å². The number of aromatic nitrogens is 2. The first kappa shape index (κ1) is 27.8. The first-order valence-corrected chi connectivity index (χ1v) is 15.2. The molecule has 3 heterocycles. The number of amides is 1. The van der Waals surface area contributed by atoms with Crippen LogP contribution in [0.2, 0.25) is 0 Å². The second kappa shape index (κ2) is 12.6. The lowest BCUT2D eigenvalue weighted by molar-refractivity contribution is -0.117. The molecule has 2 saturated heterocycles. The Morgan fingerprint density at radius 2 is 1.85 bits per heavy atom. The van der Waals surface area contributed by atoms with Crippen LogP contribution < -0.4 is 5.32 Å². The van der Waals surface area contributed by atoms with Crippen molar-refractivity contribution in [2.45, 2.75) is 49.5 Å². The van der Waals surface area contributed by atoms with Crippen LogP contribution >= 0.6 is 0 Å². The fraction of sp³-hybridized carbons (Fsp3) is 0.367. The van der Waals surface area contributed by atoms with Crippen LogP contribution in [0.4, 0.5) is 0 Å². The smallest absolute Gasteiger partial charge is 0.262 e. The summed E-state index contributed by atoms with van der Waals surface area (Å²) in [4.78, 5) is 13.1. The second-order valence-electron chi connectivity index (χ2n) is 10.1. The highest BCUT2D eigenvalue weighted by atomic mass is 32.2. The number of hydrogen-bond donors (Lipinski definition) is 1. The Kier molecular flexibility index (Phi) is 8.75. The van der Waals surface area contributed by atoms with Gasteiger partial charge in [-0.15, -0.1) is 0 Å². The Balaban J connectivity index is 1.51. The zero-order chi connectivity index (χ0) is 28.0. The molecular formula is C30H33N5O4S. The monoisotopic (exact) mass is 559 g/mol. The average molecular weight is 560 g/mol. The normalized spacial score (nSPS) is 18.7. The summed E-state index contributed by atoms with van der Waals surface area (Å²) in [7, 11) is -3.68. The van der Waals surface area contributed by atoms with E-state index in [1.165, 1.54) is 6.08 Å². The molecule has 2 aliphatic rings. The van der Waals surface area contributed by atoms with Crippen LogP contribution in [-0.2, 0) is 19.6 Å². The fourth-order valence-electron chi connectivity index (χ4n) is 5.08. The fourth-order valence-corrected chi connectivity index (χ4v) is 6.64. The van der Waals surface area contributed by atoms with Gasteiger partial charge in [-0.05, 0) is 56.0 Å². The molecule has 3 aromatic rings. The van der Waals surface area contributed by atoms with E-state index >= 15 is 0 Å². The highest BCUT2D eigenvalue weighted by Crippen LogP contribution is 2.29. The molecule has 40 heavy (non-hydrogen) atoms. The SMILES string of the molecule is N#C/C(=C\c1cn(-c2ccccc2)nc1-c1cccc(S(=O)(=O)N2CCCCCC2)c1)C(=O)NCC1CCCO1. The quantitative estimate of drug-likeness (QED) is 0.325. The van der Waals surface area contributed by atoms with Crippen molar-refractivity contribution in [3.8, 4) is 23.0 Å². The molecule has 2 aliphatic heterocycles. The largest absolute Gasteiger partial charge is 0.376 e. The predicted octanol–water partition coefficient (Wildman–Crippen LogP) is 4.31. The van der Waals surface area contributed by atoms with Gasteiger partial charge in [-0.1, -0.05) is 43.2 Å². The van der Waals surface area contributed by atoms with Crippen LogP contribution in [0.25, 0.3) is 23.0 Å². The van der Waals surface area contributed by atoms with Crippen LogP contribution in [-0.4, -0.2) is 60.8 Å². The van der Waals surface area contributed by atoms with Crippen LogP contribution in [0.3, 0.4) is 0 Å². The summed E-state index contributed by atoms with van der Waals surface area (Å²) >= 11 is 0. The van der Waals surface area contributed by atoms with Gasteiger partial charge in [0.25, 0.3) is 5.91 Å². The molecule has 10 heteroatoms. The average Bonchev–Trinajstić information content (AvgIpc) is 3.57. The molecule has 2 aromatic carbocycles. The van der Waals surface area contributed by atoms with E-state index in [4.69, 9.17) is 9.84 Å². The lowest BCUT2D eigenvalue weighted by atomic mass is 10.1. The minimum Gasteiger partial charge on any atom is -0.376 e. The van der Waals surface area contributed by atoms with E-state index in [-0.39, 0.29) is 16.6 Å². The van der Waals surface area contributed by atoms with Crippen LogP contribution in [0.5, 0.6) is 0 Å². The second-order valence-corrected chi connectivity index (χ2v) is 12.0.